The van der Waals surface area contributed by atoms with E-state index in [9.17, 15) is 26.0 Å². The summed E-state index contributed by atoms with van der Waals surface area (Å²) in [5, 5.41) is -1.06. The molecule has 1 aliphatic heterocycles. The van der Waals surface area contributed by atoms with Gasteiger partial charge >= 0.3 is 0 Å². The molecule has 0 amide bonds. The molecule has 0 aromatic heterocycles. The fourth-order valence-electron chi connectivity index (χ4n) is 3.84. The lowest BCUT2D eigenvalue weighted by Crippen LogP contribution is -2.35. The van der Waals surface area contributed by atoms with Crippen molar-refractivity contribution < 1.29 is 26.0 Å². The second kappa shape index (κ2) is 9.29. The summed E-state index contributed by atoms with van der Waals surface area (Å²) in [6, 6.07) is 9.40. The number of sulfone groups is 1. The number of rotatable bonds is 7. The van der Waals surface area contributed by atoms with Crippen molar-refractivity contribution in [2.45, 2.75) is 34.8 Å². The predicted molar refractivity (Wildman–Crippen MR) is 120 cm³/mol. The lowest BCUT2D eigenvalue weighted by molar-refractivity contribution is -0.111. The number of nitrogens with zero attached hydrogens (tertiary/aromatic N) is 2. The molecule has 0 bridgehead atoms. The van der Waals surface area contributed by atoms with E-state index in [0.29, 0.717) is 31.5 Å². The molecule has 0 aliphatic carbocycles. The van der Waals surface area contributed by atoms with Crippen LogP contribution in [0, 0.1) is 11.7 Å². The number of anilines is 1. The lowest BCUT2D eigenvalue weighted by atomic mass is 9.97. The van der Waals surface area contributed by atoms with Crippen LogP contribution in [0.1, 0.15) is 30.6 Å². The Kier molecular flexibility index (Phi) is 7.06. The first-order valence-electron chi connectivity index (χ1n) is 10.2. The number of hydrogen-bond acceptors (Lipinski definition) is 6. The van der Waals surface area contributed by atoms with Gasteiger partial charge in [-0.2, -0.15) is 0 Å². The van der Waals surface area contributed by atoms with Gasteiger partial charge in [0.15, 0.2) is 9.84 Å². The molecule has 2 aromatic rings. The largest absolute Gasteiger partial charge is 0.369 e. The second-order valence-electron chi connectivity index (χ2n) is 8.08. The van der Waals surface area contributed by atoms with E-state index in [4.69, 9.17) is 0 Å². The molecule has 1 atom stereocenters. The fraction of sp³-hybridized carbons (Fsp3) is 0.409. The molecule has 10 heteroatoms. The number of aldehydes is 1. The highest BCUT2D eigenvalue weighted by atomic mass is 32.2. The van der Waals surface area contributed by atoms with Crippen molar-refractivity contribution in [2.24, 2.45) is 5.92 Å². The monoisotopic (exact) mass is 482 g/mol. The maximum absolute atomic E-state index is 14.8. The Morgan fingerprint density at radius 1 is 1.00 bits per heavy atom. The number of halogens is 1. The third kappa shape index (κ3) is 4.57. The first-order valence-corrected chi connectivity index (χ1v) is 13.2. The molecule has 1 heterocycles. The highest BCUT2D eigenvalue weighted by Crippen LogP contribution is 2.38. The van der Waals surface area contributed by atoms with Gasteiger partial charge in [-0.15, -0.1) is 0 Å². The van der Waals surface area contributed by atoms with Crippen LogP contribution < -0.4 is 4.90 Å². The molecule has 3 rings (SSSR count). The topological polar surface area (TPSA) is 91.8 Å². The van der Waals surface area contributed by atoms with E-state index in [0.717, 1.165) is 10.6 Å². The molecule has 1 saturated heterocycles. The van der Waals surface area contributed by atoms with Gasteiger partial charge in [0, 0.05) is 33.1 Å². The number of piperidine rings is 1. The Morgan fingerprint density at radius 2 is 1.56 bits per heavy atom. The third-order valence-corrected chi connectivity index (χ3v) is 9.84. The van der Waals surface area contributed by atoms with Crippen LogP contribution in [-0.4, -0.2) is 54.6 Å². The third-order valence-electron chi connectivity index (χ3n) is 5.90. The normalized spacial score (nSPS) is 16.8. The van der Waals surface area contributed by atoms with Crippen LogP contribution in [-0.2, 0) is 24.7 Å². The van der Waals surface area contributed by atoms with Gasteiger partial charge in [0.1, 0.15) is 12.1 Å². The number of para-hydroxylation sites is 1. The van der Waals surface area contributed by atoms with Crippen molar-refractivity contribution in [1.82, 2.24) is 4.31 Å². The Bertz CT molecular complexity index is 1190. The fourth-order valence-corrected chi connectivity index (χ4v) is 6.19. The summed E-state index contributed by atoms with van der Waals surface area (Å²) in [5.41, 5.74) is 0.569. The van der Waals surface area contributed by atoms with Gasteiger partial charge in [0.25, 0.3) is 0 Å². The number of carbonyl (C=O) groups excluding carboxylic acids is 1. The molecule has 0 saturated carbocycles. The molecule has 0 N–H and O–H groups in total. The van der Waals surface area contributed by atoms with E-state index in [1.54, 1.807) is 11.0 Å². The second-order valence-corrected chi connectivity index (χ2v) is 12.5. The van der Waals surface area contributed by atoms with Crippen LogP contribution in [0.25, 0.3) is 0 Å². The number of sulfonamides is 1. The van der Waals surface area contributed by atoms with Crippen LogP contribution >= 0.6 is 0 Å². The van der Waals surface area contributed by atoms with Gasteiger partial charge in [0.05, 0.1) is 20.7 Å². The minimum atomic E-state index is -3.93. The van der Waals surface area contributed by atoms with E-state index in [1.807, 2.05) is 0 Å². The van der Waals surface area contributed by atoms with E-state index in [2.05, 4.69) is 0 Å². The molecular weight excluding hydrogens is 455 g/mol. The first-order chi connectivity index (χ1) is 15.0. The van der Waals surface area contributed by atoms with Gasteiger partial charge in [-0.3, -0.25) is 0 Å². The number of carbonyl (C=O) groups is 1. The minimum Gasteiger partial charge on any atom is -0.369 e. The average molecular weight is 483 g/mol. The van der Waals surface area contributed by atoms with E-state index in [-0.39, 0.29) is 21.4 Å². The van der Waals surface area contributed by atoms with E-state index < -0.39 is 30.9 Å². The van der Waals surface area contributed by atoms with Crippen LogP contribution in [0.15, 0.2) is 52.3 Å². The minimum absolute atomic E-state index is 0.0152. The highest BCUT2D eigenvalue weighted by Gasteiger charge is 2.31. The standard InChI is InChI=1S/C22H27FN2O5S2/c1-16(31(27,28)18-7-9-19(10-8-18)32(29,30)24(2)3)20-5-4-6-21(23)22(20)25-13-11-17(15-26)12-14-25/h4-10,15-17H,11-14H2,1-3H3. The number of benzene rings is 2. The molecule has 0 radical (unpaired) electrons. The van der Waals surface area contributed by atoms with Crippen LogP contribution in [0.2, 0.25) is 0 Å². The smallest absolute Gasteiger partial charge is 0.242 e. The van der Waals surface area contributed by atoms with Crippen molar-refractivity contribution >= 4 is 31.8 Å². The molecule has 32 heavy (non-hydrogen) atoms. The maximum Gasteiger partial charge on any atom is 0.242 e. The quantitative estimate of drug-likeness (QED) is 0.564. The Balaban J connectivity index is 1.96. The molecule has 7 nitrogen and oxygen atoms in total. The first kappa shape index (κ1) is 24.3. The lowest BCUT2D eigenvalue weighted by Gasteiger charge is -2.34. The molecule has 1 aliphatic rings. The summed E-state index contributed by atoms with van der Waals surface area (Å²) in [6.45, 7) is 2.42. The van der Waals surface area contributed by atoms with E-state index >= 15 is 0 Å². The molecule has 2 aromatic carbocycles. The molecule has 1 fully saturated rings. The van der Waals surface area contributed by atoms with Crippen molar-refractivity contribution in [3.05, 3.63) is 53.8 Å². The summed E-state index contributed by atoms with van der Waals surface area (Å²) >= 11 is 0. The van der Waals surface area contributed by atoms with Crippen LogP contribution in [0.5, 0.6) is 0 Å². The molecule has 174 valence electrons. The summed E-state index contributed by atoms with van der Waals surface area (Å²) in [7, 11) is -4.82. The Labute approximate surface area is 188 Å². The van der Waals surface area contributed by atoms with Crippen LogP contribution in [0.4, 0.5) is 10.1 Å². The van der Waals surface area contributed by atoms with Gasteiger partial charge in [-0.25, -0.2) is 25.5 Å². The van der Waals surface area contributed by atoms with Gasteiger partial charge in [-0.1, -0.05) is 12.1 Å². The van der Waals surface area contributed by atoms with Crippen molar-refractivity contribution in [1.29, 1.82) is 0 Å². The van der Waals surface area contributed by atoms with Crippen molar-refractivity contribution in [3.8, 4) is 0 Å². The Hall–Kier alpha value is -2.30. The zero-order valence-electron chi connectivity index (χ0n) is 18.2. The zero-order valence-corrected chi connectivity index (χ0v) is 19.9. The molecule has 1 unspecified atom stereocenters. The zero-order chi connectivity index (χ0) is 23.7. The Morgan fingerprint density at radius 3 is 2.09 bits per heavy atom. The maximum atomic E-state index is 14.8. The average Bonchev–Trinajstić information content (AvgIpc) is 2.78. The van der Waals surface area contributed by atoms with Gasteiger partial charge < -0.3 is 9.69 Å². The van der Waals surface area contributed by atoms with Crippen LogP contribution in [0.3, 0.4) is 0 Å². The van der Waals surface area contributed by atoms with E-state index in [1.165, 1.54) is 57.4 Å². The summed E-state index contributed by atoms with van der Waals surface area (Å²) in [5.74, 6) is -0.582. The molecular formula is C22H27FN2O5S2. The summed E-state index contributed by atoms with van der Waals surface area (Å²) < 4.78 is 67.1. The highest BCUT2D eigenvalue weighted by molar-refractivity contribution is 7.91. The number of hydrogen-bond donors (Lipinski definition) is 0. The summed E-state index contributed by atoms with van der Waals surface area (Å²) in [4.78, 5) is 12.8. The SMILES string of the molecule is CC(c1cccc(F)c1N1CCC(C=O)CC1)S(=O)(=O)c1ccc(S(=O)(=O)N(C)C)cc1. The predicted octanol–water partition coefficient (Wildman–Crippen LogP) is 3.03. The van der Waals surface area contributed by atoms with Crippen molar-refractivity contribution in [2.75, 3.05) is 32.1 Å². The van der Waals surface area contributed by atoms with Gasteiger partial charge in [-0.05, 0) is 55.7 Å². The van der Waals surface area contributed by atoms with Crippen molar-refractivity contribution in [3.63, 3.8) is 0 Å². The summed E-state index contributed by atoms with van der Waals surface area (Å²) in [6.07, 6.45) is 2.08. The molecule has 0 spiro atoms. The van der Waals surface area contributed by atoms with Gasteiger partial charge in [0.2, 0.25) is 10.0 Å².